The van der Waals surface area contributed by atoms with Crippen molar-refractivity contribution in [2.24, 2.45) is 0 Å². The molecule has 2 aromatic rings. The van der Waals surface area contributed by atoms with Gasteiger partial charge in [0.05, 0.1) is 5.25 Å². The highest BCUT2D eigenvalue weighted by molar-refractivity contribution is 8.15. The van der Waals surface area contributed by atoms with Gasteiger partial charge in [-0.3, -0.25) is 19.9 Å². The van der Waals surface area contributed by atoms with Gasteiger partial charge in [0.1, 0.15) is 0 Å². The van der Waals surface area contributed by atoms with Crippen LogP contribution >= 0.6 is 23.5 Å². The summed E-state index contributed by atoms with van der Waals surface area (Å²) in [7, 11) is 0. The molecule has 0 aliphatic carbocycles. The van der Waals surface area contributed by atoms with E-state index in [2.05, 4.69) is 22.4 Å². The average Bonchev–Trinajstić information content (AvgIpc) is 2.88. The third-order valence-corrected chi connectivity index (χ3v) is 5.46. The summed E-state index contributed by atoms with van der Waals surface area (Å²) in [4.78, 5) is 28.2. The molecule has 4 nitrogen and oxygen atoms in total. The summed E-state index contributed by atoms with van der Waals surface area (Å²) >= 11 is 2.86. The predicted molar refractivity (Wildman–Crippen MR) is 93.7 cm³/mol. The number of aromatic nitrogens is 1. The van der Waals surface area contributed by atoms with Gasteiger partial charge in [0, 0.05) is 22.5 Å². The fraction of sp³-hybridized carbons (Fsp3) is 0.235. The summed E-state index contributed by atoms with van der Waals surface area (Å²) in [6.45, 7) is 0. The molecule has 0 saturated carbocycles. The van der Waals surface area contributed by atoms with Crippen molar-refractivity contribution >= 4 is 34.7 Å². The van der Waals surface area contributed by atoms with Gasteiger partial charge in [-0.05, 0) is 42.7 Å². The lowest BCUT2D eigenvalue weighted by Crippen LogP contribution is -2.25. The minimum Gasteiger partial charge on any atom is -0.286 e. The molecule has 23 heavy (non-hydrogen) atoms. The van der Waals surface area contributed by atoms with Gasteiger partial charge in [0.15, 0.2) is 0 Å². The molecule has 0 radical (unpaired) electrons. The number of carbonyl (C=O) groups excluding carboxylic acids is 2. The first kappa shape index (κ1) is 16.1. The predicted octanol–water partition coefficient (Wildman–Crippen LogP) is 3.31. The van der Waals surface area contributed by atoms with E-state index in [-0.39, 0.29) is 16.4 Å². The van der Waals surface area contributed by atoms with E-state index < -0.39 is 0 Å². The Balaban J connectivity index is 1.49. The molecule has 1 aliphatic rings. The van der Waals surface area contributed by atoms with Crippen LogP contribution < -0.4 is 5.32 Å². The number of rotatable bonds is 6. The van der Waals surface area contributed by atoms with Crippen LogP contribution in [0.1, 0.15) is 11.3 Å². The Morgan fingerprint density at radius 1 is 1.13 bits per heavy atom. The molecule has 0 bridgehead atoms. The van der Waals surface area contributed by atoms with E-state index in [4.69, 9.17) is 0 Å². The molecule has 1 aromatic carbocycles. The monoisotopic (exact) mass is 344 g/mol. The van der Waals surface area contributed by atoms with Gasteiger partial charge in [-0.15, -0.1) is 11.8 Å². The zero-order valence-electron chi connectivity index (χ0n) is 12.4. The zero-order chi connectivity index (χ0) is 16.1. The number of hydrogen-bond donors (Lipinski definition) is 1. The van der Waals surface area contributed by atoms with Crippen LogP contribution in [0.2, 0.25) is 0 Å². The van der Waals surface area contributed by atoms with Crippen LogP contribution in [0.3, 0.4) is 0 Å². The van der Waals surface area contributed by atoms with Crippen molar-refractivity contribution < 1.29 is 9.59 Å². The van der Waals surface area contributed by atoms with E-state index in [0.717, 1.165) is 35.2 Å². The first-order chi connectivity index (χ1) is 11.2. The molecule has 118 valence electrons. The summed E-state index contributed by atoms with van der Waals surface area (Å²) in [5.41, 5.74) is 2.17. The molecule has 0 spiro atoms. The molecule has 1 saturated heterocycles. The number of nitrogens with one attached hydrogen (secondary N) is 1. The number of carbonyl (C=O) groups is 2. The molecule has 1 N–H and O–H groups in total. The average molecular weight is 344 g/mol. The Labute approximate surface area is 143 Å². The highest BCUT2D eigenvalue weighted by Gasteiger charge is 2.31. The standard InChI is InChI=1S/C17H16N2O2S2/c20-16-15(23-17(21)19-16)11-12-4-6-14(7-5-12)22-10-8-13-3-1-2-9-18-13/h1-7,9,15H,8,10-11H2,(H,19,20,21). The maximum atomic E-state index is 11.6. The molecular weight excluding hydrogens is 328 g/mol. The number of nitrogens with zero attached hydrogens (tertiary/aromatic N) is 1. The fourth-order valence-corrected chi connectivity index (χ4v) is 4.02. The Bertz CT molecular complexity index is 689. The van der Waals surface area contributed by atoms with Crippen LogP contribution in [0.15, 0.2) is 53.6 Å². The molecular formula is C17H16N2O2S2. The number of thioether (sulfide) groups is 2. The SMILES string of the molecule is O=C1NC(=O)C(Cc2ccc(SCCc3ccccn3)cc2)S1. The van der Waals surface area contributed by atoms with Gasteiger partial charge < -0.3 is 0 Å². The highest BCUT2D eigenvalue weighted by atomic mass is 32.2. The van der Waals surface area contributed by atoms with E-state index in [1.165, 1.54) is 4.90 Å². The van der Waals surface area contributed by atoms with Crippen molar-refractivity contribution in [2.45, 2.75) is 23.0 Å². The van der Waals surface area contributed by atoms with Crippen molar-refractivity contribution in [3.8, 4) is 0 Å². The Morgan fingerprint density at radius 2 is 1.96 bits per heavy atom. The summed E-state index contributed by atoms with van der Waals surface area (Å²) in [6, 6.07) is 14.2. The van der Waals surface area contributed by atoms with Crippen molar-refractivity contribution in [3.05, 3.63) is 59.9 Å². The van der Waals surface area contributed by atoms with Crippen molar-refractivity contribution in [2.75, 3.05) is 5.75 Å². The van der Waals surface area contributed by atoms with Gasteiger partial charge in [0.2, 0.25) is 5.91 Å². The third kappa shape index (κ3) is 4.59. The van der Waals surface area contributed by atoms with Crippen LogP contribution in [-0.2, 0) is 17.6 Å². The van der Waals surface area contributed by atoms with Gasteiger partial charge in [0.25, 0.3) is 5.24 Å². The minimum absolute atomic E-state index is 0.186. The van der Waals surface area contributed by atoms with E-state index in [1.807, 2.05) is 36.5 Å². The van der Waals surface area contributed by atoms with E-state index in [9.17, 15) is 9.59 Å². The summed E-state index contributed by atoms with van der Waals surface area (Å²) in [6.07, 6.45) is 3.34. The van der Waals surface area contributed by atoms with Crippen LogP contribution in [0.25, 0.3) is 0 Å². The summed E-state index contributed by atoms with van der Waals surface area (Å²) < 4.78 is 0. The smallest absolute Gasteiger partial charge is 0.286 e. The second kappa shape index (κ2) is 7.66. The molecule has 2 amide bonds. The molecule has 1 aliphatic heterocycles. The Hall–Kier alpha value is -1.79. The van der Waals surface area contributed by atoms with Gasteiger partial charge in [-0.1, -0.05) is 30.0 Å². The first-order valence-electron chi connectivity index (χ1n) is 7.34. The zero-order valence-corrected chi connectivity index (χ0v) is 14.0. The Morgan fingerprint density at radius 3 is 2.61 bits per heavy atom. The van der Waals surface area contributed by atoms with Crippen molar-refractivity contribution in [1.82, 2.24) is 10.3 Å². The third-order valence-electron chi connectivity index (χ3n) is 3.46. The largest absolute Gasteiger partial charge is 0.286 e. The first-order valence-corrected chi connectivity index (χ1v) is 9.20. The molecule has 3 rings (SSSR count). The second-order valence-corrected chi connectivity index (χ2v) is 7.49. The van der Waals surface area contributed by atoms with E-state index >= 15 is 0 Å². The van der Waals surface area contributed by atoms with E-state index in [1.54, 1.807) is 11.8 Å². The van der Waals surface area contributed by atoms with E-state index in [0.29, 0.717) is 6.42 Å². The molecule has 1 atom stereocenters. The fourth-order valence-electron chi connectivity index (χ4n) is 2.28. The highest BCUT2D eigenvalue weighted by Crippen LogP contribution is 2.25. The van der Waals surface area contributed by atoms with Gasteiger partial charge >= 0.3 is 0 Å². The lowest BCUT2D eigenvalue weighted by Gasteiger charge is -2.07. The minimum atomic E-state index is -0.301. The van der Waals surface area contributed by atoms with Gasteiger partial charge in [-0.25, -0.2) is 0 Å². The number of imide groups is 1. The van der Waals surface area contributed by atoms with Crippen LogP contribution in [0, 0.1) is 0 Å². The number of hydrogen-bond acceptors (Lipinski definition) is 5. The second-order valence-electron chi connectivity index (χ2n) is 5.15. The topological polar surface area (TPSA) is 59.1 Å². The Kier molecular flexibility index (Phi) is 5.35. The maximum absolute atomic E-state index is 11.6. The van der Waals surface area contributed by atoms with Crippen molar-refractivity contribution in [3.63, 3.8) is 0 Å². The quantitative estimate of drug-likeness (QED) is 0.815. The van der Waals surface area contributed by atoms with Crippen molar-refractivity contribution in [1.29, 1.82) is 0 Å². The molecule has 2 heterocycles. The maximum Gasteiger partial charge on any atom is 0.286 e. The molecule has 1 unspecified atom stereocenters. The van der Waals surface area contributed by atoms with Crippen LogP contribution in [0.5, 0.6) is 0 Å². The number of aryl methyl sites for hydroxylation is 1. The number of amides is 2. The lowest BCUT2D eigenvalue weighted by atomic mass is 10.1. The van der Waals surface area contributed by atoms with Crippen LogP contribution in [-0.4, -0.2) is 27.1 Å². The molecule has 6 heteroatoms. The lowest BCUT2D eigenvalue weighted by molar-refractivity contribution is -0.118. The molecule has 1 fully saturated rings. The molecule has 1 aromatic heterocycles. The normalized spacial score (nSPS) is 17.3. The number of pyridine rings is 1. The van der Waals surface area contributed by atoms with Gasteiger partial charge in [-0.2, -0.15) is 0 Å². The summed E-state index contributed by atoms with van der Waals surface area (Å²) in [5, 5.41) is 1.77. The summed E-state index contributed by atoms with van der Waals surface area (Å²) in [5.74, 6) is 0.792. The number of benzene rings is 1. The van der Waals surface area contributed by atoms with Crippen LogP contribution in [0.4, 0.5) is 4.79 Å².